The summed E-state index contributed by atoms with van der Waals surface area (Å²) in [6.45, 7) is 22.7. The Morgan fingerprint density at radius 1 is 0.372 bits per heavy atom. The van der Waals surface area contributed by atoms with Gasteiger partial charge < -0.3 is 19.4 Å². The van der Waals surface area contributed by atoms with Crippen molar-refractivity contribution in [3.05, 3.63) is 132 Å². The Hall–Kier alpha value is -6.33. The van der Waals surface area contributed by atoms with E-state index < -0.39 is 16.1 Å². The Morgan fingerprint density at radius 2 is 0.663 bits per heavy atom. The molecule has 2 aliphatic heterocycles. The maximum atomic E-state index is 6.05. The van der Waals surface area contributed by atoms with Crippen molar-refractivity contribution in [3.8, 4) is 56.7 Å². The van der Waals surface area contributed by atoms with Crippen LogP contribution in [-0.2, 0) is 0 Å². The van der Waals surface area contributed by atoms with Gasteiger partial charge in [-0.2, -0.15) is 0 Å². The average molecular weight is 1190 g/mol. The van der Waals surface area contributed by atoms with Crippen LogP contribution in [0.5, 0.6) is 11.5 Å². The van der Waals surface area contributed by atoms with Crippen molar-refractivity contribution in [1.82, 2.24) is 19.9 Å². The third-order valence-corrected chi connectivity index (χ3v) is 26.9. The minimum atomic E-state index is -2.08. The van der Waals surface area contributed by atoms with E-state index in [9.17, 15) is 0 Å². The van der Waals surface area contributed by atoms with Crippen LogP contribution in [0.3, 0.4) is 0 Å². The monoisotopic (exact) mass is 1190 g/mol. The lowest BCUT2D eigenvalue weighted by molar-refractivity contribution is 0.363. The standard InChI is InChI=1S/C78H106N4O2Si2/c1-9-17-23-29-55-85(56-30-24-18-10-2,57-31-25-19-11-3)61-51-67-69-43-47-73(79-69)77(63-35-39-65(40-36-63)83-53-15-7)75-49-45-71(81-75)68(52-62-86(58-32-26-20-12-4,59-33-27-21-13-5)60-34-28-22-14-6)72-46-50-76(82-72)78(74-48-44-70(67)80-74)64-37-41-66(42-38-64)84-54-16-8/h15-16,35-50,79,82H,7-14,17-34,53-60H2,1-6H3. The number of nitrogens with zero attached hydrogens (tertiary/aromatic N) is 2. The molecule has 458 valence electrons. The van der Waals surface area contributed by atoms with Gasteiger partial charge in [0.15, 0.2) is 0 Å². The summed E-state index contributed by atoms with van der Waals surface area (Å²) >= 11 is 0. The summed E-state index contributed by atoms with van der Waals surface area (Å²) in [7, 11) is -4.16. The van der Waals surface area contributed by atoms with Crippen LogP contribution in [0.15, 0.2) is 98.1 Å². The fourth-order valence-corrected chi connectivity index (χ4v) is 21.3. The highest BCUT2D eigenvalue weighted by molar-refractivity contribution is 6.87. The van der Waals surface area contributed by atoms with Gasteiger partial charge in [0.2, 0.25) is 0 Å². The molecule has 5 aromatic rings. The number of hydrogen-bond acceptors (Lipinski definition) is 4. The summed E-state index contributed by atoms with van der Waals surface area (Å²) in [5.41, 5.74) is 22.0. The summed E-state index contributed by atoms with van der Waals surface area (Å²) in [6, 6.07) is 33.4. The molecule has 0 saturated carbocycles. The molecular formula is C78H106N4O2Si2. The summed E-state index contributed by atoms with van der Waals surface area (Å²) < 4.78 is 12.1. The van der Waals surface area contributed by atoms with Crippen LogP contribution in [-0.4, -0.2) is 49.3 Å². The van der Waals surface area contributed by atoms with Gasteiger partial charge in [-0.3, -0.25) is 0 Å². The molecule has 2 aliphatic rings. The Labute approximate surface area is 522 Å². The number of fused-ring (bicyclic) bond motifs is 8. The van der Waals surface area contributed by atoms with Crippen molar-refractivity contribution >= 4 is 62.5 Å². The molecule has 2 aromatic carbocycles. The zero-order valence-corrected chi connectivity index (χ0v) is 56.1. The molecule has 6 nitrogen and oxygen atoms in total. The van der Waals surface area contributed by atoms with Crippen molar-refractivity contribution in [2.75, 3.05) is 13.2 Å². The highest BCUT2D eigenvalue weighted by atomic mass is 28.3. The molecule has 0 spiro atoms. The summed E-state index contributed by atoms with van der Waals surface area (Å²) in [4.78, 5) is 19.4. The van der Waals surface area contributed by atoms with Gasteiger partial charge in [0.05, 0.1) is 44.9 Å². The van der Waals surface area contributed by atoms with E-state index in [-0.39, 0.29) is 0 Å². The van der Waals surface area contributed by atoms with Gasteiger partial charge in [0, 0.05) is 22.2 Å². The fourth-order valence-electron chi connectivity index (χ4n) is 12.7. The number of rotatable bonds is 38. The Morgan fingerprint density at radius 3 is 0.953 bits per heavy atom. The molecule has 7 rings (SSSR count). The molecule has 2 N–H and O–H groups in total. The molecule has 0 aliphatic carbocycles. The first kappa shape index (κ1) is 67.2. The average Bonchev–Trinajstić information content (AvgIpc) is 1.97. The normalized spacial score (nSPS) is 12.0. The largest absolute Gasteiger partial charge is 0.490 e. The number of nitrogens with one attached hydrogen (secondary N) is 2. The van der Waals surface area contributed by atoms with Crippen LogP contribution in [0, 0.1) is 22.9 Å². The van der Waals surface area contributed by atoms with E-state index in [1.807, 2.05) is 0 Å². The van der Waals surface area contributed by atoms with Crippen LogP contribution in [0.25, 0.3) is 68.6 Å². The molecule has 0 unspecified atom stereocenters. The quantitative estimate of drug-likeness (QED) is 0.0175. The summed E-state index contributed by atoms with van der Waals surface area (Å²) in [5.74, 6) is 9.72. The minimum absolute atomic E-state index is 0.443. The zero-order chi connectivity index (χ0) is 60.7. The Balaban J connectivity index is 1.58. The molecule has 0 saturated heterocycles. The molecule has 0 atom stereocenters. The third-order valence-electron chi connectivity index (χ3n) is 17.7. The van der Waals surface area contributed by atoms with E-state index in [2.05, 4.69) is 185 Å². The predicted octanol–water partition coefficient (Wildman–Crippen LogP) is 23.3. The van der Waals surface area contributed by atoms with E-state index in [1.54, 1.807) is 12.2 Å². The molecular weight excluding hydrogens is 1080 g/mol. The lowest BCUT2D eigenvalue weighted by atomic mass is 10.0. The van der Waals surface area contributed by atoms with Crippen molar-refractivity contribution in [1.29, 1.82) is 0 Å². The molecule has 0 fully saturated rings. The van der Waals surface area contributed by atoms with Gasteiger partial charge in [-0.25, -0.2) is 9.97 Å². The Kier molecular flexibility index (Phi) is 28.7. The maximum absolute atomic E-state index is 6.05. The van der Waals surface area contributed by atoms with Crippen molar-refractivity contribution in [2.24, 2.45) is 0 Å². The van der Waals surface area contributed by atoms with Gasteiger partial charge in [-0.05, 0) is 120 Å². The number of benzene rings is 2. The van der Waals surface area contributed by atoms with E-state index in [4.69, 9.17) is 19.4 Å². The van der Waals surface area contributed by atoms with Crippen molar-refractivity contribution < 1.29 is 9.47 Å². The molecule has 0 amide bonds. The third kappa shape index (κ3) is 19.8. The smallest absolute Gasteiger partial charge is 0.138 e. The number of H-pyrrole nitrogens is 2. The maximum Gasteiger partial charge on any atom is 0.138 e. The van der Waals surface area contributed by atoms with Crippen LogP contribution in [0.2, 0.25) is 36.3 Å². The van der Waals surface area contributed by atoms with Gasteiger partial charge in [-0.15, -0.1) is 11.1 Å². The number of aromatic nitrogens is 4. The highest BCUT2D eigenvalue weighted by Crippen LogP contribution is 2.37. The zero-order valence-electron chi connectivity index (χ0n) is 54.1. The molecule has 5 heterocycles. The van der Waals surface area contributed by atoms with E-state index in [1.165, 1.54) is 190 Å². The second kappa shape index (κ2) is 36.7. The topological polar surface area (TPSA) is 75.8 Å². The molecule has 8 heteroatoms. The van der Waals surface area contributed by atoms with E-state index in [0.717, 1.165) is 89.7 Å². The number of aromatic amines is 2. The lowest BCUT2D eigenvalue weighted by Crippen LogP contribution is -2.32. The van der Waals surface area contributed by atoms with Crippen LogP contribution in [0.4, 0.5) is 0 Å². The minimum Gasteiger partial charge on any atom is -0.490 e. The van der Waals surface area contributed by atoms with Crippen molar-refractivity contribution in [3.63, 3.8) is 0 Å². The first-order valence-electron chi connectivity index (χ1n) is 34.2. The van der Waals surface area contributed by atoms with Gasteiger partial charge in [0.1, 0.15) is 40.9 Å². The number of unbranched alkanes of at least 4 members (excludes halogenated alkanes) is 18. The Bertz CT molecular complexity index is 2980. The number of ether oxygens (including phenoxy) is 2. The fraction of sp³-hybridized carbons (Fsp3) is 0.487. The van der Waals surface area contributed by atoms with E-state index >= 15 is 0 Å². The highest BCUT2D eigenvalue weighted by Gasteiger charge is 2.32. The molecule has 3 aromatic heterocycles. The van der Waals surface area contributed by atoms with Crippen molar-refractivity contribution in [2.45, 2.75) is 232 Å². The first-order valence-corrected chi connectivity index (χ1v) is 39.4. The molecule has 86 heavy (non-hydrogen) atoms. The van der Waals surface area contributed by atoms with Crippen LogP contribution < -0.4 is 9.47 Å². The SMILES string of the molecule is C=CCOc1ccc(-c2c3nc(c(C#C[Si](CCCCCC)(CCCCCC)CCCCCC)c4ccc([nH]4)c(-c4ccc(OCC=C)cc4)c4nc(c(C#C[Si](CCCCCC)(CCCCCC)CCCCCC)c5ccc2[nH]5)C=C4)C=C3)cc1. The molecule has 8 bridgehead atoms. The summed E-state index contributed by atoms with van der Waals surface area (Å²) in [5, 5.41) is 0. The van der Waals surface area contributed by atoms with Gasteiger partial charge >= 0.3 is 0 Å². The first-order chi connectivity index (χ1) is 42.2. The van der Waals surface area contributed by atoms with Gasteiger partial charge in [-0.1, -0.05) is 257 Å². The second-order valence-electron chi connectivity index (χ2n) is 24.7. The lowest BCUT2D eigenvalue weighted by Gasteiger charge is -2.27. The van der Waals surface area contributed by atoms with Crippen LogP contribution >= 0.6 is 0 Å². The summed E-state index contributed by atoms with van der Waals surface area (Å²) in [6.07, 6.45) is 42.8. The number of hydrogen-bond donors (Lipinski definition) is 2. The predicted molar refractivity (Wildman–Crippen MR) is 380 cm³/mol. The molecule has 0 radical (unpaired) electrons. The van der Waals surface area contributed by atoms with Gasteiger partial charge in [0.25, 0.3) is 0 Å². The van der Waals surface area contributed by atoms with Crippen LogP contribution in [0.1, 0.15) is 230 Å². The second-order valence-corrected chi connectivity index (χ2v) is 33.3. The van der Waals surface area contributed by atoms with E-state index in [0.29, 0.717) is 13.2 Å².